The maximum absolute atomic E-state index is 4.93. The molecule has 0 atom stereocenters. The number of hydrogen-bond acceptors (Lipinski definition) is 2. The Morgan fingerprint density at radius 3 is 2.20 bits per heavy atom. The van der Waals surface area contributed by atoms with Crippen LogP contribution in [-0.4, -0.2) is 7.11 Å². The van der Waals surface area contributed by atoms with Crippen LogP contribution in [0.1, 0.15) is 19.6 Å². The normalized spacial score (nSPS) is 8.00. The second-order valence-corrected chi connectivity index (χ2v) is 1.55. The summed E-state index contributed by atoms with van der Waals surface area (Å²) in [4.78, 5) is 0. The Labute approximate surface area is 61.8 Å². The zero-order chi connectivity index (χ0) is 7.98. The molecule has 1 aromatic rings. The third-order valence-corrected chi connectivity index (χ3v) is 1.03. The number of rotatable bonds is 1. The Bertz CT molecular complexity index is 168. The van der Waals surface area contributed by atoms with E-state index in [4.69, 9.17) is 9.15 Å². The van der Waals surface area contributed by atoms with Crippen molar-refractivity contribution in [3.05, 3.63) is 18.1 Å². The molecule has 0 radical (unpaired) electrons. The lowest BCUT2D eigenvalue weighted by Gasteiger charge is -1.91. The highest BCUT2D eigenvalue weighted by Gasteiger charge is 1.96. The van der Waals surface area contributed by atoms with E-state index in [9.17, 15) is 0 Å². The van der Waals surface area contributed by atoms with Gasteiger partial charge in [0.1, 0.15) is 5.76 Å². The second-order valence-electron chi connectivity index (χ2n) is 1.55. The molecule has 10 heavy (non-hydrogen) atoms. The van der Waals surface area contributed by atoms with Crippen molar-refractivity contribution in [2.75, 3.05) is 7.11 Å². The Balaban J connectivity index is 0.000000371. The van der Waals surface area contributed by atoms with E-state index in [-0.39, 0.29) is 0 Å². The van der Waals surface area contributed by atoms with Crippen LogP contribution in [0.25, 0.3) is 0 Å². The number of methoxy groups -OCH3 is 1. The van der Waals surface area contributed by atoms with Gasteiger partial charge < -0.3 is 9.15 Å². The third kappa shape index (κ3) is 2.13. The molecular formula is C8H14O2. The van der Waals surface area contributed by atoms with E-state index in [0.29, 0.717) is 0 Å². The summed E-state index contributed by atoms with van der Waals surface area (Å²) in [7, 11) is 1.62. The summed E-state index contributed by atoms with van der Waals surface area (Å²) in [6, 6.07) is 1.79. The van der Waals surface area contributed by atoms with Crippen molar-refractivity contribution in [1.29, 1.82) is 0 Å². The highest BCUT2D eigenvalue weighted by atomic mass is 16.5. The minimum Gasteiger partial charge on any atom is -0.493 e. The molecule has 1 aromatic heterocycles. The maximum atomic E-state index is 4.93. The first-order valence-corrected chi connectivity index (χ1v) is 3.42. The van der Waals surface area contributed by atoms with Crippen LogP contribution in [0.4, 0.5) is 0 Å². The molecule has 0 saturated heterocycles. The van der Waals surface area contributed by atoms with E-state index >= 15 is 0 Å². The van der Waals surface area contributed by atoms with Gasteiger partial charge in [0, 0.05) is 6.07 Å². The van der Waals surface area contributed by atoms with Gasteiger partial charge in [0.25, 0.3) is 0 Å². The molecule has 0 aromatic carbocycles. The van der Waals surface area contributed by atoms with Crippen molar-refractivity contribution < 1.29 is 9.15 Å². The number of ether oxygens (including phenoxy) is 1. The molecule has 2 nitrogen and oxygen atoms in total. The fraction of sp³-hybridized carbons (Fsp3) is 0.500. The monoisotopic (exact) mass is 142 g/mol. The van der Waals surface area contributed by atoms with Gasteiger partial charge in [-0.15, -0.1) is 0 Å². The summed E-state index contributed by atoms with van der Waals surface area (Å²) in [5.74, 6) is 1.64. The molecule has 0 aliphatic carbocycles. The van der Waals surface area contributed by atoms with Crippen molar-refractivity contribution in [1.82, 2.24) is 0 Å². The van der Waals surface area contributed by atoms with Crippen LogP contribution in [0.15, 0.2) is 16.7 Å². The third-order valence-electron chi connectivity index (χ3n) is 1.03. The topological polar surface area (TPSA) is 22.4 Å². The number of furan rings is 1. The number of aryl methyl sites for hydroxylation is 1. The van der Waals surface area contributed by atoms with E-state index in [1.165, 1.54) is 0 Å². The minimum absolute atomic E-state index is 0.810. The Hall–Kier alpha value is -0.920. The van der Waals surface area contributed by atoms with Crippen LogP contribution in [-0.2, 0) is 0 Å². The first-order valence-electron chi connectivity index (χ1n) is 3.42. The van der Waals surface area contributed by atoms with Gasteiger partial charge in [-0.2, -0.15) is 0 Å². The fourth-order valence-electron chi connectivity index (χ4n) is 0.585. The van der Waals surface area contributed by atoms with E-state index in [0.717, 1.165) is 11.5 Å². The molecule has 1 rings (SSSR count). The van der Waals surface area contributed by atoms with Crippen molar-refractivity contribution in [2.24, 2.45) is 0 Å². The Morgan fingerprint density at radius 1 is 1.40 bits per heavy atom. The van der Waals surface area contributed by atoms with Crippen molar-refractivity contribution in [3.63, 3.8) is 0 Å². The van der Waals surface area contributed by atoms with Crippen LogP contribution in [0.5, 0.6) is 5.75 Å². The van der Waals surface area contributed by atoms with Crippen LogP contribution in [0, 0.1) is 6.92 Å². The lowest BCUT2D eigenvalue weighted by Crippen LogP contribution is -1.79. The van der Waals surface area contributed by atoms with Gasteiger partial charge in [0.05, 0.1) is 13.4 Å². The van der Waals surface area contributed by atoms with E-state index in [2.05, 4.69) is 0 Å². The average Bonchev–Trinajstić information content (AvgIpc) is 2.39. The number of hydrogen-bond donors (Lipinski definition) is 0. The summed E-state index contributed by atoms with van der Waals surface area (Å²) in [6.45, 7) is 5.86. The largest absolute Gasteiger partial charge is 0.493 e. The van der Waals surface area contributed by atoms with Gasteiger partial charge in [-0.1, -0.05) is 13.8 Å². The van der Waals surface area contributed by atoms with Crippen molar-refractivity contribution >= 4 is 0 Å². The molecule has 0 fully saturated rings. The first-order chi connectivity index (χ1) is 4.84. The van der Waals surface area contributed by atoms with Crippen molar-refractivity contribution in [3.8, 4) is 5.75 Å². The lowest BCUT2D eigenvalue weighted by atomic mass is 10.5. The molecular weight excluding hydrogens is 128 g/mol. The van der Waals surface area contributed by atoms with Gasteiger partial charge in [0.2, 0.25) is 0 Å². The van der Waals surface area contributed by atoms with E-state index in [1.807, 2.05) is 20.8 Å². The van der Waals surface area contributed by atoms with Gasteiger partial charge in [0.15, 0.2) is 5.75 Å². The second kappa shape index (κ2) is 4.91. The molecule has 0 N–H and O–H groups in total. The van der Waals surface area contributed by atoms with Crippen LogP contribution in [0.3, 0.4) is 0 Å². The zero-order valence-corrected chi connectivity index (χ0v) is 6.97. The van der Waals surface area contributed by atoms with Crippen molar-refractivity contribution in [2.45, 2.75) is 20.8 Å². The molecule has 0 amide bonds. The van der Waals surface area contributed by atoms with Crippen LogP contribution < -0.4 is 4.74 Å². The Morgan fingerprint density at radius 2 is 2.00 bits per heavy atom. The molecule has 0 spiro atoms. The average molecular weight is 142 g/mol. The first kappa shape index (κ1) is 9.08. The summed E-state index contributed by atoms with van der Waals surface area (Å²) in [6.07, 6.45) is 1.61. The highest BCUT2D eigenvalue weighted by molar-refractivity contribution is 5.22. The lowest BCUT2D eigenvalue weighted by molar-refractivity contribution is 0.397. The molecule has 0 aliphatic heterocycles. The van der Waals surface area contributed by atoms with Gasteiger partial charge in [-0.25, -0.2) is 0 Å². The smallest absolute Gasteiger partial charge is 0.159 e. The predicted octanol–water partition coefficient (Wildman–Crippen LogP) is 2.62. The van der Waals surface area contributed by atoms with Crippen LogP contribution >= 0.6 is 0 Å². The summed E-state index contributed by atoms with van der Waals surface area (Å²) in [5, 5.41) is 0. The summed E-state index contributed by atoms with van der Waals surface area (Å²) >= 11 is 0. The van der Waals surface area contributed by atoms with Gasteiger partial charge in [-0.05, 0) is 6.92 Å². The molecule has 1 heterocycles. The van der Waals surface area contributed by atoms with Gasteiger partial charge in [-0.3, -0.25) is 0 Å². The zero-order valence-electron chi connectivity index (χ0n) is 6.97. The van der Waals surface area contributed by atoms with E-state index in [1.54, 1.807) is 19.4 Å². The predicted molar refractivity (Wildman–Crippen MR) is 41.3 cm³/mol. The summed E-state index contributed by atoms with van der Waals surface area (Å²) < 4.78 is 9.82. The van der Waals surface area contributed by atoms with Crippen LogP contribution in [0.2, 0.25) is 0 Å². The Kier molecular flexibility index (Phi) is 4.46. The SMILES string of the molecule is CC.COc1ccoc1C. The molecule has 2 heteroatoms. The molecule has 0 bridgehead atoms. The standard InChI is InChI=1S/C6H8O2.C2H6/c1-5-6(7-2)3-4-8-5;1-2/h3-4H,1-2H3;1-2H3. The van der Waals surface area contributed by atoms with E-state index < -0.39 is 0 Å². The highest BCUT2D eigenvalue weighted by Crippen LogP contribution is 2.16. The minimum atomic E-state index is 0.810. The molecule has 58 valence electrons. The molecule has 0 saturated carbocycles. The maximum Gasteiger partial charge on any atom is 0.159 e. The quantitative estimate of drug-likeness (QED) is 0.601. The summed E-state index contributed by atoms with van der Waals surface area (Å²) in [5.41, 5.74) is 0. The van der Waals surface area contributed by atoms with Gasteiger partial charge >= 0.3 is 0 Å². The molecule has 0 unspecified atom stereocenters. The fourth-order valence-corrected chi connectivity index (χ4v) is 0.585. The molecule has 0 aliphatic rings.